The fourth-order valence-electron chi connectivity index (χ4n) is 3.90. The van der Waals surface area contributed by atoms with Gasteiger partial charge in [0, 0.05) is 23.0 Å². The van der Waals surface area contributed by atoms with E-state index >= 15 is 0 Å². The van der Waals surface area contributed by atoms with Crippen molar-refractivity contribution in [3.05, 3.63) is 56.9 Å². The number of aromatic nitrogens is 2. The van der Waals surface area contributed by atoms with Gasteiger partial charge in [-0.25, -0.2) is 13.4 Å². The van der Waals surface area contributed by atoms with Crippen molar-refractivity contribution >= 4 is 49.2 Å². The third-order valence-corrected chi connectivity index (χ3v) is 6.74. The maximum absolute atomic E-state index is 13.0. The van der Waals surface area contributed by atoms with Gasteiger partial charge >= 0.3 is 5.82 Å². The molecule has 13 heteroatoms. The summed E-state index contributed by atoms with van der Waals surface area (Å²) in [6.45, 7) is 8.14. The molecule has 4 aromatic rings. The zero-order valence-electron chi connectivity index (χ0n) is 19.8. The van der Waals surface area contributed by atoms with E-state index in [2.05, 4.69) is 35.4 Å². The van der Waals surface area contributed by atoms with Gasteiger partial charge in [0.25, 0.3) is 0 Å². The minimum absolute atomic E-state index is 0.114. The molecule has 188 valence electrons. The number of rotatable bonds is 8. The van der Waals surface area contributed by atoms with Crippen LogP contribution < -0.4 is 10.7 Å². The Morgan fingerprint density at radius 2 is 1.80 bits per heavy atom. The summed E-state index contributed by atoms with van der Waals surface area (Å²) in [7, 11) is -1.38. The smallest absolute Gasteiger partial charge is 0.328 e. The summed E-state index contributed by atoms with van der Waals surface area (Å²) < 4.78 is 33.4. The molecular formula is C22H27N5O7S. The van der Waals surface area contributed by atoms with Gasteiger partial charge in [-0.05, 0) is 30.9 Å². The van der Waals surface area contributed by atoms with Gasteiger partial charge in [0.2, 0.25) is 15.8 Å². The first kappa shape index (κ1) is 26.2. The molecule has 0 bridgehead atoms. The largest absolute Gasteiger partial charge is 0.726 e. The van der Waals surface area contributed by atoms with Crippen molar-refractivity contribution in [1.29, 1.82) is 0 Å². The topological polar surface area (TPSA) is 156 Å². The second-order valence-corrected chi connectivity index (χ2v) is 9.35. The van der Waals surface area contributed by atoms with E-state index in [9.17, 15) is 27.9 Å². The van der Waals surface area contributed by atoms with Gasteiger partial charge in [0.15, 0.2) is 5.52 Å². The number of fused-ring (bicyclic) bond motifs is 2. The molecule has 4 rings (SSSR count). The summed E-state index contributed by atoms with van der Waals surface area (Å²) in [6.07, 6.45) is 1.58. The van der Waals surface area contributed by atoms with Gasteiger partial charge in [0.1, 0.15) is 11.3 Å². The lowest BCUT2D eigenvalue weighted by Gasteiger charge is -2.32. The number of nitro groups is 1. The minimum Gasteiger partial charge on any atom is -0.726 e. The fraction of sp³-hybridized carbons (Fsp3) is 0.364. The highest BCUT2D eigenvalue weighted by Gasteiger charge is 2.23. The molecule has 0 amide bonds. The monoisotopic (exact) mass is 505 g/mol. The number of nitrogens with zero attached hydrogens (tertiary/aromatic N) is 4. The van der Waals surface area contributed by atoms with E-state index in [1.54, 1.807) is 12.3 Å². The van der Waals surface area contributed by atoms with Crippen LogP contribution in [0.2, 0.25) is 0 Å². The minimum atomic E-state index is -4.41. The molecule has 12 nitrogen and oxygen atoms in total. The van der Waals surface area contributed by atoms with Crippen LogP contribution in [-0.2, 0) is 14.6 Å². The second kappa shape index (κ2) is 10.1. The Bertz CT molecular complexity index is 1530. The molecule has 1 N–H and O–H groups in total. The van der Waals surface area contributed by atoms with E-state index in [1.165, 1.54) is 16.5 Å². The molecule has 0 saturated heterocycles. The first-order valence-electron chi connectivity index (χ1n) is 10.9. The molecular weight excluding hydrogens is 478 g/mol. The quantitative estimate of drug-likeness (QED) is 0.125. The van der Waals surface area contributed by atoms with Crippen molar-refractivity contribution in [2.24, 2.45) is 0 Å². The summed E-state index contributed by atoms with van der Waals surface area (Å²) in [6, 6.07) is 8.43. The number of hydrogen-bond donors (Lipinski definition) is 1. The molecule has 0 aliphatic rings. The summed E-state index contributed by atoms with van der Waals surface area (Å²) in [5, 5.41) is 16.9. The summed E-state index contributed by atoms with van der Waals surface area (Å²) in [4.78, 5) is 28.5. The summed E-state index contributed by atoms with van der Waals surface area (Å²) >= 11 is 0. The zero-order chi connectivity index (χ0) is 26.0. The molecule has 0 aliphatic carbocycles. The highest BCUT2D eigenvalue weighted by atomic mass is 32.3. The number of nitrogens with one attached hydrogen (secondary N) is 1. The molecule has 0 aliphatic heterocycles. The Balaban J connectivity index is 0.000000509. The normalized spacial score (nSPS) is 12.1. The third-order valence-electron chi connectivity index (χ3n) is 6.33. The lowest BCUT2D eigenvalue weighted by molar-refractivity contribution is -0.904. The van der Waals surface area contributed by atoms with Crippen molar-refractivity contribution in [1.82, 2.24) is 9.38 Å². The Morgan fingerprint density at radius 3 is 2.37 bits per heavy atom. The molecule has 35 heavy (non-hydrogen) atoms. The van der Waals surface area contributed by atoms with Crippen molar-refractivity contribution in [3.63, 3.8) is 0 Å². The summed E-state index contributed by atoms with van der Waals surface area (Å²) in [5.74, 6) is 0.576. The zero-order valence-corrected chi connectivity index (χ0v) is 20.7. The third kappa shape index (κ3) is 5.32. The van der Waals surface area contributed by atoms with Crippen LogP contribution in [-0.4, -0.2) is 72.1 Å². The highest BCUT2D eigenvalue weighted by molar-refractivity contribution is 7.80. The Morgan fingerprint density at radius 1 is 1.14 bits per heavy atom. The highest BCUT2D eigenvalue weighted by Crippen LogP contribution is 2.32. The van der Waals surface area contributed by atoms with Gasteiger partial charge in [-0.2, -0.15) is 4.40 Å². The van der Waals surface area contributed by atoms with Crippen LogP contribution in [0.15, 0.2) is 41.3 Å². The number of quaternary nitrogens is 1. The lowest BCUT2D eigenvalue weighted by Crippen LogP contribution is -2.46. The van der Waals surface area contributed by atoms with Crippen LogP contribution in [0.4, 0.5) is 11.6 Å². The van der Waals surface area contributed by atoms with Crippen LogP contribution in [0.25, 0.3) is 27.2 Å². The number of pyridine rings is 2. The molecule has 0 spiro atoms. The van der Waals surface area contributed by atoms with E-state index in [0.717, 1.165) is 43.2 Å². The van der Waals surface area contributed by atoms with Crippen molar-refractivity contribution in [3.8, 4) is 0 Å². The number of likely N-dealkylation sites (N-methyl/N-ethyl adjacent to an activating group) is 1. The van der Waals surface area contributed by atoms with E-state index in [0.29, 0.717) is 22.1 Å². The first-order chi connectivity index (χ1) is 16.5. The molecule has 3 heterocycles. The maximum atomic E-state index is 13.0. The van der Waals surface area contributed by atoms with Crippen LogP contribution in [0.5, 0.6) is 0 Å². The van der Waals surface area contributed by atoms with Gasteiger partial charge in [0.05, 0.1) is 45.7 Å². The molecule has 0 atom stereocenters. The van der Waals surface area contributed by atoms with Gasteiger partial charge in [-0.3, -0.25) is 8.98 Å². The molecule has 0 fully saturated rings. The molecule has 0 radical (unpaired) electrons. The van der Waals surface area contributed by atoms with Crippen molar-refractivity contribution in [2.75, 3.05) is 45.7 Å². The van der Waals surface area contributed by atoms with Crippen LogP contribution in [0.1, 0.15) is 13.8 Å². The molecule has 0 saturated carbocycles. The predicted octanol–water partition coefficient (Wildman–Crippen LogP) is 2.34. The van der Waals surface area contributed by atoms with E-state index in [1.807, 2.05) is 12.1 Å². The van der Waals surface area contributed by atoms with Gasteiger partial charge < -0.3 is 24.5 Å². The van der Waals surface area contributed by atoms with Crippen molar-refractivity contribution < 1.29 is 26.6 Å². The number of benzene rings is 1. The Kier molecular flexibility index (Phi) is 7.55. The standard InChI is InChI=1S/C21H23N5O3.CH4O4S/c1-4-26(3,5-2)12-11-22-21-14-7-6-8-16-19(14)15(13-23-21)20(27)17-9-10-18(24(16)17)25(28)29;1-5-6(2,3)4/h6-10,13H,4-5,11-12H2,1-3H3;1H3,(H,2,3,4). The van der Waals surface area contributed by atoms with E-state index in [4.69, 9.17) is 0 Å². The van der Waals surface area contributed by atoms with E-state index in [-0.39, 0.29) is 16.8 Å². The Labute approximate surface area is 201 Å². The molecule has 1 aromatic carbocycles. The average Bonchev–Trinajstić information content (AvgIpc) is 3.29. The number of anilines is 1. The van der Waals surface area contributed by atoms with Crippen LogP contribution in [0.3, 0.4) is 0 Å². The Hall–Kier alpha value is -3.39. The van der Waals surface area contributed by atoms with Gasteiger partial charge in [-0.1, -0.05) is 12.1 Å². The average molecular weight is 506 g/mol. The van der Waals surface area contributed by atoms with Gasteiger partial charge in [-0.15, -0.1) is 0 Å². The van der Waals surface area contributed by atoms with Crippen molar-refractivity contribution in [2.45, 2.75) is 13.8 Å². The first-order valence-corrected chi connectivity index (χ1v) is 12.2. The summed E-state index contributed by atoms with van der Waals surface area (Å²) in [5.41, 5.74) is 0.678. The van der Waals surface area contributed by atoms with Crippen LogP contribution in [0, 0.1) is 10.1 Å². The predicted molar refractivity (Wildman–Crippen MR) is 132 cm³/mol. The van der Waals surface area contributed by atoms with E-state index < -0.39 is 15.3 Å². The molecule has 0 unspecified atom stereocenters. The second-order valence-electron chi connectivity index (χ2n) is 8.20. The SMILES string of the molecule is CC[N+](C)(CC)CCNc1ncc2c(=O)c3ccc([N+](=O)[O-])n3c3cccc1c23.COS(=O)(=O)[O-]. The van der Waals surface area contributed by atoms with Crippen LogP contribution >= 0.6 is 0 Å². The fourth-order valence-corrected chi connectivity index (χ4v) is 3.90. The number of hydrogen-bond acceptors (Lipinski definition) is 9. The lowest BCUT2D eigenvalue weighted by atomic mass is 10.1. The molecule has 3 aromatic heterocycles. The maximum Gasteiger partial charge on any atom is 0.328 e.